The number of nitrogens with two attached hydrogens (primary N) is 1. The molecule has 4 aromatic rings. The summed E-state index contributed by atoms with van der Waals surface area (Å²) >= 11 is 0. The Balaban J connectivity index is 1.74. The van der Waals surface area contributed by atoms with Crippen LogP contribution in [-0.4, -0.2) is 24.1 Å². The molecule has 164 valence electrons. The van der Waals surface area contributed by atoms with Gasteiger partial charge in [0.25, 0.3) is 0 Å². The molecule has 0 unspecified atom stereocenters. The second kappa shape index (κ2) is 8.61. The van der Waals surface area contributed by atoms with Gasteiger partial charge in [0.2, 0.25) is 0 Å². The predicted octanol–water partition coefficient (Wildman–Crippen LogP) is 5.65. The molecular weight excluding hydrogens is 418 g/mol. The SMILES string of the molecule is N#Cc1cccc(-c2ccc3ncc(-c4cc(F)cc(F)c4)c(N4CCC(N)CC4)c3c2)c1. The maximum atomic E-state index is 14.1. The number of pyridine rings is 1. The molecular formula is C27H22F2N4. The standard InChI is InChI=1S/C27H22F2N4/c28-21-11-20(12-22(29)14-21)25-16-32-26-5-4-19(18-3-1-2-17(10-18)15-30)13-24(26)27(25)33-8-6-23(31)7-9-33/h1-5,10-14,16,23H,6-9,31H2. The number of halogens is 2. The fraction of sp³-hybridized carbons (Fsp3) is 0.185. The van der Waals surface area contributed by atoms with Gasteiger partial charge in [-0.1, -0.05) is 18.2 Å². The van der Waals surface area contributed by atoms with Crippen molar-refractivity contribution in [2.75, 3.05) is 18.0 Å². The van der Waals surface area contributed by atoms with E-state index in [1.165, 1.54) is 12.1 Å². The third-order valence-corrected chi connectivity index (χ3v) is 6.19. The Hall–Kier alpha value is -3.82. The van der Waals surface area contributed by atoms with Gasteiger partial charge in [-0.3, -0.25) is 4.98 Å². The third-order valence-electron chi connectivity index (χ3n) is 6.19. The summed E-state index contributed by atoms with van der Waals surface area (Å²) in [6.45, 7) is 1.50. The van der Waals surface area contributed by atoms with Gasteiger partial charge in [-0.2, -0.15) is 5.26 Å². The van der Waals surface area contributed by atoms with E-state index in [4.69, 9.17) is 5.73 Å². The van der Waals surface area contributed by atoms with Gasteiger partial charge in [-0.15, -0.1) is 0 Å². The van der Waals surface area contributed by atoms with Crippen LogP contribution in [0.2, 0.25) is 0 Å². The highest BCUT2D eigenvalue weighted by Crippen LogP contribution is 2.39. The molecule has 2 N–H and O–H groups in total. The average Bonchev–Trinajstić information content (AvgIpc) is 2.83. The molecule has 0 atom stereocenters. The minimum Gasteiger partial charge on any atom is -0.370 e. The number of hydrogen-bond donors (Lipinski definition) is 1. The van der Waals surface area contributed by atoms with E-state index < -0.39 is 11.6 Å². The van der Waals surface area contributed by atoms with Crippen molar-refractivity contribution in [2.24, 2.45) is 5.73 Å². The molecule has 1 saturated heterocycles. The zero-order valence-electron chi connectivity index (χ0n) is 17.9. The van der Waals surface area contributed by atoms with Crippen molar-refractivity contribution in [1.82, 2.24) is 4.98 Å². The molecule has 1 aromatic heterocycles. The van der Waals surface area contributed by atoms with Crippen molar-refractivity contribution < 1.29 is 8.78 Å². The van der Waals surface area contributed by atoms with Crippen molar-refractivity contribution in [1.29, 1.82) is 5.26 Å². The van der Waals surface area contributed by atoms with E-state index >= 15 is 0 Å². The third kappa shape index (κ3) is 4.15. The fourth-order valence-corrected chi connectivity index (χ4v) is 4.51. The van der Waals surface area contributed by atoms with Crippen molar-refractivity contribution in [3.05, 3.63) is 84.1 Å². The molecule has 0 radical (unpaired) electrons. The Morgan fingerprint density at radius 2 is 1.64 bits per heavy atom. The molecule has 0 amide bonds. The number of hydrogen-bond acceptors (Lipinski definition) is 4. The van der Waals surface area contributed by atoms with Crippen LogP contribution in [0.4, 0.5) is 14.5 Å². The fourth-order valence-electron chi connectivity index (χ4n) is 4.51. The molecule has 0 bridgehead atoms. The number of nitrogens with zero attached hydrogens (tertiary/aromatic N) is 3. The summed E-state index contributed by atoms with van der Waals surface area (Å²) in [5, 5.41) is 10.2. The predicted molar refractivity (Wildman–Crippen MR) is 127 cm³/mol. The Labute approximate surface area is 190 Å². The van der Waals surface area contributed by atoms with Crippen LogP contribution in [0.5, 0.6) is 0 Å². The first-order chi connectivity index (χ1) is 16.0. The Kier molecular flexibility index (Phi) is 5.49. The van der Waals surface area contributed by atoms with Gasteiger partial charge < -0.3 is 10.6 Å². The summed E-state index contributed by atoms with van der Waals surface area (Å²) in [4.78, 5) is 6.84. The Bertz CT molecular complexity index is 1360. The highest BCUT2D eigenvalue weighted by atomic mass is 19.1. The Morgan fingerprint density at radius 3 is 2.36 bits per heavy atom. The van der Waals surface area contributed by atoms with Crippen LogP contribution in [0, 0.1) is 23.0 Å². The summed E-state index contributed by atoms with van der Waals surface area (Å²) in [6.07, 6.45) is 3.37. The second-order valence-electron chi connectivity index (χ2n) is 8.43. The number of nitriles is 1. The van der Waals surface area contributed by atoms with Gasteiger partial charge in [-0.05, 0) is 65.9 Å². The smallest absolute Gasteiger partial charge is 0.126 e. The van der Waals surface area contributed by atoms with Crippen LogP contribution >= 0.6 is 0 Å². The number of benzene rings is 3. The monoisotopic (exact) mass is 440 g/mol. The van der Waals surface area contributed by atoms with Crippen molar-refractivity contribution >= 4 is 16.6 Å². The van der Waals surface area contributed by atoms with E-state index in [1.807, 2.05) is 36.4 Å². The van der Waals surface area contributed by atoms with E-state index in [-0.39, 0.29) is 6.04 Å². The van der Waals surface area contributed by atoms with Crippen LogP contribution in [0.15, 0.2) is 66.9 Å². The first kappa shape index (κ1) is 21.0. The number of aromatic nitrogens is 1. The van der Waals surface area contributed by atoms with Crippen molar-refractivity contribution in [3.63, 3.8) is 0 Å². The van der Waals surface area contributed by atoms with Crippen LogP contribution < -0.4 is 10.6 Å². The normalized spacial score (nSPS) is 14.4. The van der Waals surface area contributed by atoms with E-state index in [0.717, 1.165) is 59.7 Å². The molecule has 33 heavy (non-hydrogen) atoms. The number of piperidine rings is 1. The molecule has 5 rings (SSSR count). The summed E-state index contributed by atoms with van der Waals surface area (Å²) in [5.41, 5.74) is 11.4. The quantitative estimate of drug-likeness (QED) is 0.447. The minimum absolute atomic E-state index is 0.147. The molecule has 1 fully saturated rings. The van der Waals surface area contributed by atoms with Crippen molar-refractivity contribution in [2.45, 2.75) is 18.9 Å². The molecule has 6 heteroatoms. The lowest BCUT2D eigenvalue weighted by atomic mass is 9.96. The van der Waals surface area contributed by atoms with E-state index in [9.17, 15) is 14.0 Å². The molecule has 0 saturated carbocycles. The van der Waals surface area contributed by atoms with E-state index in [2.05, 4.69) is 16.0 Å². The second-order valence-corrected chi connectivity index (χ2v) is 8.43. The van der Waals surface area contributed by atoms with Crippen molar-refractivity contribution in [3.8, 4) is 28.3 Å². The molecule has 1 aliphatic heterocycles. The molecule has 0 aliphatic carbocycles. The lowest BCUT2D eigenvalue weighted by Crippen LogP contribution is -2.40. The molecule has 2 heterocycles. The molecule has 1 aliphatic rings. The largest absolute Gasteiger partial charge is 0.370 e. The van der Waals surface area contributed by atoms with Gasteiger partial charge in [0.15, 0.2) is 0 Å². The molecule has 4 nitrogen and oxygen atoms in total. The van der Waals surface area contributed by atoms with Crippen LogP contribution in [0.1, 0.15) is 18.4 Å². The molecule has 0 spiro atoms. The van der Waals surface area contributed by atoms with Gasteiger partial charge in [0, 0.05) is 42.3 Å². The highest BCUT2D eigenvalue weighted by Gasteiger charge is 2.23. The average molecular weight is 440 g/mol. The summed E-state index contributed by atoms with van der Waals surface area (Å²) in [6, 6.07) is 19.3. The van der Waals surface area contributed by atoms with E-state index in [1.54, 1.807) is 12.3 Å². The zero-order valence-corrected chi connectivity index (χ0v) is 17.9. The number of rotatable bonds is 3. The van der Waals surface area contributed by atoms with Crippen LogP contribution in [0.3, 0.4) is 0 Å². The summed E-state index contributed by atoms with van der Waals surface area (Å²) in [5.74, 6) is -1.25. The zero-order chi connectivity index (χ0) is 22.9. The maximum absolute atomic E-state index is 14.1. The highest BCUT2D eigenvalue weighted by molar-refractivity contribution is 6.01. The topological polar surface area (TPSA) is 65.9 Å². The summed E-state index contributed by atoms with van der Waals surface area (Å²) in [7, 11) is 0. The molecule has 3 aromatic carbocycles. The first-order valence-electron chi connectivity index (χ1n) is 10.9. The Morgan fingerprint density at radius 1 is 0.909 bits per heavy atom. The lowest BCUT2D eigenvalue weighted by molar-refractivity contribution is 0.502. The first-order valence-corrected chi connectivity index (χ1v) is 10.9. The summed E-state index contributed by atoms with van der Waals surface area (Å²) < 4.78 is 28.2. The number of anilines is 1. The maximum Gasteiger partial charge on any atom is 0.126 e. The van der Waals surface area contributed by atoms with E-state index in [0.29, 0.717) is 16.7 Å². The number of fused-ring (bicyclic) bond motifs is 1. The van der Waals surface area contributed by atoms with Crippen LogP contribution in [0.25, 0.3) is 33.2 Å². The van der Waals surface area contributed by atoms with Gasteiger partial charge in [0.1, 0.15) is 11.6 Å². The lowest BCUT2D eigenvalue weighted by Gasteiger charge is -2.34. The minimum atomic E-state index is -0.626. The van der Waals surface area contributed by atoms with Crippen LogP contribution in [-0.2, 0) is 0 Å². The van der Waals surface area contributed by atoms with Gasteiger partial charge in [-0.25, -0.2) is 8.78 Å². The van der Waals surface area contributed by atoms with Gasteiger partial charge in [0.05, 0.1) is 22.8 Å². The van der Waals surface area contributed by atoms with Gasteiger partial charge >= 0.3 is 0 Å².